The first-order valence-corrected chi connectivity index (χ1v) is 13.3. The number of hydrogen-bond donors (Lipinski definition) is 3. The van der Waals surface area contributed by atoms with Crippen molar-refractivity contribution in [2.75, 3.05) is 10.6 Å². The number of aromatic nitrogens is 4. The maximum Gasteiger partial charge on any atom is 0.227 e. The molecule has 2 aromatic heterocycles. The molecule has 3 fully saturated rings. The van der Waals surface area contributed by atoms with Crippen molar-refractivity contribution in [3.05, 3.63) is 41.2 Å². The number of rotatable bonds is 7. The van der Waals surface area contributed by atoms with E-state index in [0.29, 0.717) is 30.0 Å². The van der Waals surface area contributed by atoms with Gasteiger partial charge in [0.05, 0.1) is 12.4 Å². The molecule has 0 aliphatic heterocycles. The van der Waals surface area contributed by atoms with Gasteiger partial charge in [0.25, 0.3) is 0 Å². The Morgan fingerprint density at radius 2 is 1.68 bits per heavy atom. The highest BCUT2D eigenvalue weighted by Gasteiger charge is 2.34. The van der Waals surface area contributed by atoms with Crippen LogP contribution in [0.25, 0.3) is 11.2 Å². The molecule has 0 bridgehead atoms. The van der Waals surface area contributed by atoms with Crippen LogP contribution >= 0.6 is 11.6 Å². The van der Waals surface area contributed by atoms with Gasteiger partial charge in [0.2, 0.25) is 5.95 Å². The van der Waals surface area contributed by atoms with Gasteiger partial charge in [-0.2, -0.15) is 9.97 Å². The molecular weight excluding hydrogens is 446 g/mol. The van der Waals surface area contributed by atoms with Crippen LogP contribution in [0.4, 0.5) is 11.8 Å². The van der Waals surface area contributed by atoms with E-state index in [1.807, 2.05) is 18.5 Å². The van der Waals surface area contributed by atoms with Gasteiger partial charge in [-0.15, -0.1) is 0 Å². The largest absolute Gasteiger partial charge is 0.361 e. The Kier molecular flexibility index (Phi) is 6.08. The zero-order valence-corrected chi connectivity index (χ0v) is 20.3. The predicted molar refractivity (Wildman–Crippen MR) is 137 cm³/mol. The molecule has 180 valence electrons. The minimum absolute atomic E-state index is 0.188. The molecule has 0 radical (unpaired) electrons. The third-order valence-electron chi connectivity index (χ3n) is 7.86. The smallest absolute Gasteiger partial charge is 0.227 e. The van der Waals surface area contributed by atoms with Gasteiger partial charge in [-0.25, -0.2) is 4.98 Å². The number of fused-ring (bicyclic) bond motifs is 1. The van der Waals surface area contributed by atoms with Crippen LogP contribution in [0.1, 0.15) is 81.9 Å². The molecule has 0 amide bonds. The molecular formula is C26H34ClN7. The van der Waals surface area contributed by atoms with Crippen LogP contribution in [-0.2, 0) is 0 Å². The first kappa shape index (κ1) is 22.1. The van der Waals surface area contributed by atoms with Gasteiger partial charge in [0.1, 0.15) is 0 Å². The summed E-state index contributed by atoms with van der Waals surface area (Å²) in [5.41, 5.74) is 9.17. The zero-order chi connectivity index (χ0) is 23.1. The second kappa shape index (κ2) is 9.34. The molecule has 3 aromatic rings. The molecule has 3 saturated carbocycles. The lowest BCUT2D eigenvalue weighted by molar-refractivity contribution is 0.410. The number of hydrogen-bond acceptors (Lipinski definition) is 6. The topological polar surface area (TPSA) is 93.7 Å². The fourth-order valence-electron chi connectivity index (χ4n) is 5.70. The predicted octanol–water partition coefficient (Wildman–Crippen LogP) is 5.84. The fraction of sp³-hybridized carbons (Fsp3) is 0.577. The van der Waals surface area contributed by atoms with Crippen molar-refractivity contribution in [3.8, 4) is 0 Å². The van der Waals surface area contributed by atoms with Gasteiger partial charge < -0.3 is 20.9 Å². The summed E-state index contributed by atoms with van der Waals surface area (Å²) in [6, 6.07) is 9.54. The Morgan fingerprint density at radius 3 is 2.38 bits per heavy atom. The third kappa shape index (κ3) is 4.60. The molecule has 8 heteroatoms. The van der Waals surface area contributed by atoms with Crippen LogP contribution in [0.15, 0.2) is 30.6 Å². The summed E-state index contributed by atoms with van der Waals surface area (Å²) >= 11 is 6.17. The highest BCUT2D eigenvalue weighted by molar-refractivity contribution is 6.30. The first-order valence-electron chi connectivity index (χ1n) is 12.9. The van der Waals surface area contributed by atoms with Gasteiger partial charge in [0, 0.05) is 23.1 Å². The van der Waals surface area contributed by atoms with Gasteiger partial charge in [-0.3, -0.25) is 0 Å². The van der Waals surface area contributed by atoms with E-state index in [1.165, 1.54) is 44.1 Å². The molecule has 2 heterocycles. The number of nitrogens with one attached hydrogen (secondary N) is 2. The Morgan fingerprint density at radius 1 is 0.941 bits per heavy atom. The average molecular weight is 480 g/mol. The maximum absolute atomic E-state index is 6.17. The van der Waals surface area contributed by atoms with Crippen LogP contribution in [-0.4, -0.2) is 31.6 Å². The summed E-state index contributed by atoms with van der Waals surface area (Å²) in [7, 11) is 0. The first-order chi connectivity index (χ1) is 16.6. The Hall–Kier alpha value is -2.38. The third-order valence-corrected chi connectivity index (χ3v) is 8.11. The fourth-order valence-corrected chi connectivity index (χ4v) is 5.82. The molecule has 0 spiro atoms. The Bertz CT molecular complexity index is 1130. The second-order valence-corrected chi connectivity index (χ2v) is 10.9. The lowest BCUT2D eigenvalue weighted by atomic mass is 9.92. The van der Waals surface area contributed by atoms with Gasteiger partial charge in [-0.05, 0) is 75.0 Å². The van der Waals surface area contributed by atoms with E-state index in [-0.39, 0.29) is 6.04 Å². The van der Waals surface area contributed by atoms with Gasteiger partial charge >= 0.3 is 0 Å². The molecule has 4 N–H and O–H groups in total. The zero-order valence-electron chi connectivity index (χ0n) is 19.6. The Labute approximate surface area is 205 Å². The summed E-state index contributed by atoms with van der Waals surface area (Å²) < 4.78 is 2.28. The molecule has 6 rings (SSSR count). The summed E-state index contributed by atoms with van der Waals surface area (Å²) in [6.07, 6.45) is 13.5. The molecule has 7 nitrogen and oxygen atoms in total. The number of nitrogens with zero attached hydrogens (tertiary/aromatic N) is 4. The molecule has 3 aliphatic carbocycles. The lowest BCUT2D eigenvalue weighted by Crippen LogP contribution is -2.33. The van der Waals surface area contributed by atoms with Crippen molar-refractivity contribution in [3.63, 3.8) is 0 Å². The molecule has 0 saturated heterocycles. The summed E-state index contributed by atoms with van der Waals surface area (Å²) in [5.74, 6) is 2.11. The van der Waals surface area contributed by atoms with Gasteiger partial charge in [0.15, 0.2) is 17.0 Å². The van der Waals surface area contributed by atoms with E-state index < -0.39 is 0 Å². The summed E-state index contributed by atoms with van der Waals surface area (Å²) in [6.45, 7) is 0. The molecule has 34 heavy (non-hydrogen) atoms. The minimum atomic E-state index is 0.188. The number of nitrogens with two attached hydrogens (primary N) is 1. The maximum atomic E-state index is 6.17. The van der Waals surface area contributed by atoms with Crippen molar-refractivity contribution >= 4 is 34.5 Å². The highest BCUT2D eigenvalue weighted by Crippen LogP contribution is 2.44. The van der Waals surface area contributed by atoms with E-state index in [9.17, 15) is 0 Å². The van der Waals surface area contributed by atoms with Crippen molar-refractivity contribution in [2.45, 2.75) is 88.4 Å². The minimum Gasteiger partial charge on any atom is -0.361 e. The van der Waals surface area contributed by atoms with Crippen molar-refractivity contribution < 1.29 is 0 Å². The van der Waals surface area contributed by atoms with Crippen LogP contribution < -0.4 is 16.4 Å². The van der Waals surface area contributed by atoms with E-state index in [0.717, 1.165) is 47.7 Å². The summed E-state index contributed by atoms with van der Waals surface area (Å²) in [4.78, 5) is 14.8. The van der Waals surface area contributed by atoms with E-state index in [2.05, 4.69) is 27.3 Å². The Balaban J connectivity index is 1.36. The second-order valence-electron chi connectivity index (χ2n) is 10.4. The van der Waals surface area contributed by atoms with Crippen LogP contribution in [0, 0.1) is 5.92 Å². The number of halogens is 1. The molecule has 3 aliphatic rings. The summed E-state index contributed by atoms with van der Waals surface area (Å²) in [5, 5.41) is 8.17. The average Bonchev–Trinajstić information content (AvgIpc) is 3.35. The molecule has 1 atom stereocenters. The van der Waals surface area contributed by atoms with Crippen LogP contribution in [0.2, 0.25) is 5.02 Å². The van der Waals surface area contributed by atoms with Gasteiger partial charge in [-0.1, -0.05) is 36.6 Å². The van der Waals surface area contributed by atoms with Crippen LogP contribution in [0.5, 0.6) is 0 Å². The normalized spacial score (nSPS) is 24.4. The highest BCUT2D eigenvalue weighted by atomic mass is 35.5. The van der Waals surface area contributed by atoms with Crippen molar-refractivity contribution in [2.24, 2.45) is 11.7 Å². The lowest BCUT2D eigenvalue weighted by Gasteiger charge is -2.27. The van der Waals surface area contributed by atoms with E-state index >= 15 is 0 Å². The van der Waals surface area contributed by atoms with E-state index in [4.69, 9.17) is 32.3 Å². The number of benzene rings is 1. The van der Waals surface area contributed by atoms with Crippen molar-refractivity contribution in [1.29, 1.82) is 0 Å². The SMILES string of the molecule is NC1CCC(Nc2nc(NC(c3ccc(Cl)cc3)C3CC3)c3ncn(C4CCCC4)c3n2)CC1. The monoisotopic (exact) mass is 479 g/mol. The number of imidazole rings is 1. The van der Waals surface area contributed by atoms with Crippen LogP contribution in [0.3, 0.4) is 0 Å². The number of anilines is 2. The van der Waals surface area contributed by atoms with Crippen molar-refractivity contribution in [1.82, 2.24) is 19.5 Å². The molecule has 1 unspecified atom stereocenters. The quantitative estimate of drug-likeness (QED) is 0.394. The van der Waals surface area contributed by atoms with E-state index in [1.54, 1.807) is 0 Å². The molecule has 1 aromatic carbocycles. The standard InChI is InChI=1S/C26H34ClN7/c27-18-9-7-17(8-10-18)22(16-5-6-16)31-24-23-25(34(15-29-23)21-3-1-2-4-21)33-26(32-24)30-20-13-11-19(28)12-14-20/h7-10,15-16,19-22H,1-6,11-14,28H2,(H2,30,31,32,33).